The summed E-state index contributed by atoms with van der Waals surface area (Å²) in [4.78, 5) is 23.0. The Kier molecular flexibility index (Phi) is 7.43. The van der Waals surface area contributed by atoms with E-state index < -0.39 is 11.9 Å². The minimum Gasteiger partial charge on any atom is -0.497 e. The van der Waals surface area contributed by atoms with Crippen molar-refractivity contribution in [2.45, 2.75) is 39.0 Å². The van der Waals surface area contributed by atoms with Gasteiger partial charge in [0.15, 0.2) is 0 Å². The molecule has 0 saturated carbocycles. The number of carboxylic acid groups (broad SMARTS) is 1. The topological polar surface area (TPSA) is 75.6 Å². The highest BCUT2D eigenvalue weighted by molar-refractivity contribution is 5.78. The van der Waals surface area contributed by atoms with Gasteiger partial charge in [0.2, 0.25) is 5.91 Å². The average molecular weight is 307 g/mol. The number of hydrogen-bond donors (Lipinski definition) is 2. The fraction of sp³-hybridized carbons (Fsp3) is 0.529. The molecule has 0 radical (unpaired) electrons. The van der Waals surface area contributed by atoms with Gasteiger partial charge in [0.25, 0.3) is 0 Å². The smallest absolute Gasteiger partial charge is 0.308 e. The van der Waals surface area contributed by atoms with Crippen molar-refractivity contribution in [3.63, 3.8) is 0 Å². The summed E-state index contributed by atoms with van der Waals surface area (Å²) in [5, 5.41) is 11.8. The molecule has 2 unspecified atom stereocenters. The van der Waals surface area contributed by atoms with Crippen LogP contribution >= 0.6 is 0 Å². The number of benzene rings is 1. The van der Waals surface area contributed by atoms with Crippen molar-refractivity contribution in [1.29, 1.82) is 0 Å². The predicted molar refractivity (Wildman–Crippen MR) is 85.1 cm³/mol. The summed E-state index contributed by atoms with van der Waals surface area (Å²) in [5.41, 5.74) is 1.03. The lowest BCUT2D eigenvalue weighted by molar-refractivity contribution is -0.141. The number of amides is 1. The first-order valence-corrected chi connectivity index (χ1v) is 7.61. The monoisotopic (exact) mass is 307 g/mol. The lowest BCUT2D eigenvalue weighted by Crippen LogP contribution is -2.33. The molecule has 1 rings (SSSR count). The number of nitrogens with one attached hydrogen (secondary N) is 1. The predicted octanol–water partition coefficient (Wildman–Crippen LogP) is 2.81. The molecule has 0 saturated heterocycles. The van der Waals surface area contributed by atoms with Gasteiger partial charge in [-0.2, -0.15) is 0 Å². The van der Waals surface area contributed by atoms with Crippen molar-refractivity contribution in [2.24, 2.45) is 5.92 Å². The molecule has 1 amide bonds. The Balaban J connectivity index is 2.51. The highest BCUT2D eigenvalue weighted by atomic mass is 16.5. The number of hydrogen-bond acceptors (Lipinski definition) is 3. The molecule has 0 aliphatic carbocycles. The minimum atomic E-state index is -0.858. The molecule has 0 fully saturated rings. The molecule has 0 bridgehead atoms. The standard InChI is InChI=1S/C17H25NO4/c1-4-6-14(17(20)21)11-18-16(19)9-12(2)13-7-5-8-15(10-13)22-3/h5,7-8,10,12,14H,4,6,9,11H2,1-3H3,(H,18,19)(H,20,21). The number of carboxylic acids is 1. The average Bonchev–Trinajstić information content (AvgIpc) is 2.51. The third-order valence-corrected chi connectivity index (χ3v) is 3.69. The van der Waals surface area contributed by atoms with Crippen LogP contribution in [0.15, 0.2) is 24.3 Å². The molecule has 5 heteroatoms. The van der Waals surface area contributed by atoms with Gasteiger partial charge in [-0.3, -0.25) is 9.59 Å². The van der Waals surface area contributed by atoms with Gasteiger partial charge in [-0.25, -0.2) is 0 Å². The second kappa shape index (κ2) is 9.07. The molecule has 0 heterocycles. The maximum atomic E-state index is 12.0. The summed E-state index contributed by atoms with van der Waals surface area (Å²) >= 11 is 0. The highest BCUT2D eigenvalue weighted by Crippen LogP contribution is 2.23. The number of carbonyl (C=O) groups is 2. The highest BCUT2D eigenvalue weighted by Gasteiger charge is 2.18. The van der Waals surface area contributed by atoms with Crippen molar-refractivity contribution >= 4 is 11.9 Å². The third-order valence-electron chi connectivity index (χ3n) is 3.69. The molecule has 1 aromatic rings. The summed E-state index contributed by atoms with van der Waals surface area (Å²) in [6.07, 6.45) is 1.68. The van der Waals surface area contributed by atoms with Gasteiger partial charge in [0.1, 0.15) is 5.75 Å². The molecule has 2 N–H and O–H groups in total. The van der Waals surface area contributed by atoms with Crippen LogP contribution in [0.4, 0.5) is 0 Å². The van der Waals surface area contributed by atoms with E-state index in [1.54, 1.807) is 7.11 Å². The van der Waals surface area contributed by atoms with Crippen LogP contribution in [0.25, 0.3) is 0 Å². The summed E-state index contributed by atoms with van der Waals surface area (Å²) in [5.74, 6) is -0.690. The van der Waals surface area contributed by atoms with E-state index in [0.29, 0.717) is 12.8 Å². The van der Waals surface area contributed by atoms with Crippen molar-refractivity contribution in [3.8, 4) is 5.75 Å². The number of methoxy groups -OCH3 is 1. The minimum absolute atomic E-state index is 0.0459. The van der Waals surface area contributed by atoms with E-state index in [4.69, 9.17) is 9.84 Å². The Labute approximate surface area is 131 Å². The summed E-state index contributed by atoms with van der Waals surface area (Å²) in [6.45, 7) is 4.09. The molecule has 122 valence electrons. The van der Waals surface area contributed by atoms with Gasteiger partial charge in [-0.15, -0.1) is 0 Å². The van der Waals surface area contributed by atoms with Crippen LogP contribution in [-0.4, -0.2) is 30.6 Å². The fourth-order valence-corrected chi connectivity index (χ4v) is 2.31. The van der Waals surface area contributed by atoms with E-state index in [2.05, 4.69) is 5.32 Å². The second-order valence-electron chi connectivity index (χ2n) is 5.51. The van der Waals surface area contributed by atoms with E-state index >= 15 is 0 Å². The SMILES string of the molecule is CCCC(CNC(=O)CC(C)c1cccc(OC)c1)C(=O)O. The van der Waals surface area contributed by atoms with Crippen LogP contribution in [0.5, 0.6) is 5.75 Å². The number of rotatable bonds is 9. The molecule has 0 aliphatic rings. The van der Waals surface area contributed by atoms with Crippen LogP contribution in [0.3, 0.4) is 0 Å². The Morgan fingerprint density at radius 2 is 2.09 bits per heavy atom. The van der Waals surface area contributed by atoms with Crippen LogP contribution in [0.1, 0.15) is 44.6 Å². The van der Waals surface area contributed by atoms with Gasteiger partial charge in [0.05, 0.1) is 13.0 Å². The van der Waals surface area contributed by atoms with E-state index in [-0.39, 0.29) is 18.4 Å². The molecule has 0 spiro atoms. The summed E-state index contributed by atoms with van der Waals surface area (Å²) < 4.78 is 5.18. The van der Waals surface area contributed by atoms with E-state index in [1.807, 2.05) is 38.1 Å². The molecular weight excluding hydrogens is 282 g/mol. The normalized spacial score (nSPS) is 13.2. The second-order valence-corrected chi connectivity index (χ2v) is 5.51. The zero-order chi connectivity index (χ0) is 16.5. The molecule has 0 aromatic heterocycles. The maximum Gasteiger partial charge on any atom is 0.308 e. The van der Waals surface area contributed by atoms with Gasteiger partial charge in [-0.05, 0) is 30.0 Å². The van der Waals surface area contributed by atoms with E-state index in [9.17, 15) is 9.59 Å². The number of carbonyl (C=O) groups excluding carboxylic acids is 1. The van der Waals surface area contributed by atoms with Crippen LogP contribution in [0.2, 0.25) is 0 Å². The van der Waals surface area contributed by atoms with E-state index in [1.165, 1.54) is 0 Å². The fourth-order valence-electron chi connectivity index (χ4n) is 2.31. The van der Waals surface area contributed by atoms with Crippen LogP contribution in [0, 0.1) is 5.92 Å². The Morgan fingerprint density at radius 1 is 1.36 bits per heavy atom. The Bertz CT molecular complexity index is 501. The van der Waals surface area contributed by atoms with Gasteiger partial charge in [0, 0.05) is 13.0 Å². The maximum absolute atomic E-state index is 12.0. The molecule has 22 heavy (non-hydrogen) atoms. The zero-order valence-corrected chi connectivity index (χ0v) is 13.5. The molecule has 2 atom stereocenters. The van der Waals surface area contributed by atoms with Gasteiger partial charge in [-0.1, -0.05) is 32.4 Å². The Morgan fingerprint density at radius 3 is 2.68 bits per heavy atom. The molecular formula is C17H25NO4. The third kappa shape index (κ3) is 5.76. The van der Waals surface area contributed by atoms with Crippen LogP contribution < -0.4 is 10.1 Å². The summed E-state index contributed by atoms with van der Waals surface area (Å²) in [7, 11) is 1.61. The molecule has 0 aliphatic heterocycles. The largest absolute Gasteiger partial charge is 0.497 e. The molecule has 1 aromatic carbocycles. The first-order chi connectivity index (χ1) is 10.5. The first-order valence-electron chi connectivity index (χ1n) is 7.61. The quantitative estimate of drug-likeness (QED) is 0.735. The first kappa shape index (κ1) is 18.0. The van der Waals surface area contributed by atoms with Gasteiger partial charge < -0.3 is 15.2 Å². The van der Waals surface area contributed by atoms with Crippen LogP contribution in [-0.2, 0) is 9.59 Å². The van der Waals surface area contributed by atoms with Crippen molar-refractivity contribution in [1.82, 2.24) is 5.32 Å². The van der Waals surface area contributed by atoms with Crippen molar-refractivity contribution in [3.05, 3.63) is 29.8 Å². The van der Waals surface area contributed by atoms with Crippen molar-refractivity contribution < 1.29 is 19.4 Å². The zero-order valence-electron chi connectivity index (χ0n) is 13.5. The number of ether oxygens (including phenoxy) is 1. The number of aliphatic carboxylic acids is 1. The Hall–Kier alpha value is -2.04. The lowest BCUT2D eigenvalue weighted by atomic mass is 9.97. The lowest BCUT2D eigenvalue weighted by Gasteiger charge is -2.15. The summed E-state index contributed by atoms with van der Waals surface area (Å²) in [6, 6.07) is 7.62. The van der Waals surface area contributed by atoms with Gasteiger partial charge >= 0.3 is 5.97 Å². The molecule has 5 nitrogen and oxygen atoms in total. The van der Waals surface area contributed by atoms with E-state index in [0.717, 1.165) is 17.7 Å². The van der Waals surface area contributed by atoms with Crippen molar-refractivity contribution in [2.75, 3.05) is 13.7 Å².